The van der Waals surface area contributed by atoms with Crippen molar-refractivity contribution in [3.05, 3.63) is 11.4 Å². The molecule has 0 bridgehead atoms. The van der Waals surface area contributed by atoms with E-state index in [0.717, 1.165) is 25.7 Å². The SMILES string of the molecule is [C-]#[N+]C1(CF)CCCC1. The predicted octanol–water partition coefficient (Wildman–Crippen LogP) is 2.19. The molecule has 0 aromatic carbocycles. The van der Waals surface area contributed by atoms with Gasteiger partial charge in [0.2, 0.25) is 0 Å². The monoisotopic (exact) mass is 127 g/mol. The molecule has 1 aliphatic rings. The third-order valence-electron chi connectivity index (χ3n) is 2.02. The molecule has 1 fully saturated rings. The first kappa shape index (κ1) is 6.54. The fourth-order valence-corrected chi connectivity index (χ4v) is 1.31. The highest BCUT2D eigenvalue weighted by Gasteiger charge is 2.39. The Morgan fingerprint density at radius 3 is 2.22 bits per heavy atom. The van der Waals surface area contributed by atoms with Gasteiger partial charge in [0.15, 0.2) is 6.67 Å². The number of rotatable bonds is 1. The molecule has 0 heterocycles. The summed E-state index contributed by atoms with van der Waals surface area (Å²) in [5.41, 5.74) is -0.597. The Labute approximate surface area is 54.7 Å². The van der Waals surface area contributed by atoms with Gasteiger partial charge in [-0.25, -0.2) is 11.0 Å². The van der Waals surface area contributed by atoms with Gasteiger partial charge < -0.3 is 4.85 Å². The molecule has 0 radical (unpaired) electrons. The molecular weight excluding hydrogens is 117 g/mol. The lowest BCUT2D eigenvalue weighted by atomic mass is 10.0. The standard InChI is InChI=1S/C7H10FN/c1-9-7(6-8)4-2-3-5-7/h2-6H2. The average molecular weight is 127 g/mol. The molecule has 0 N–H and O–H groups in total. The number of hydrogen-bond acceptors (Lipinski definition) is 0. The molecule has 0 atom stereocenters. The fourth-order valence-electron chi connectivity index (χ4n) is 1.31. The van der Waals surface area contributed by atoms with E-state index in [1.54, 1.807) is 0 Å². The van der Waals surface area contributed by atoms with E-state index in [1.807, 2.05) is 0 Å². The van der Waals surface area contributed by atoms with Crippen LogP contribution in [-0.2, 0) is 0 Å². The van der Waals surface area contributed by atoms with Crippen LogP contribution < -0.4 is 0 Å². The molecule has 1 saturated carbocycles. The predicted molar refractivity (Wildman–Crippen MR) is 33.8 cm³/mol. The fraction of sp³-hybridized carbons (Fsp3) is 0.857. The first-order chi connectivity index (χ1) is 4.33. The van der Waals surface area contributed by atoms with Gasteiger partial charge in [0, 0.05) is 12.8 Å². The van der Waals surface area contributed by atoms with Crippen LogP contribution in [-0.4, -0.2) is 12.2 Å². The van der Waals surface area contributed by atoms with Crippen molar-refractivity contribution in [2.75, 3.05) is 6.67 Å². The van der Waals surface area contributed by atoms with Crippen LogP contribution in [0.2, 0.25) is 0 Å². The van der Waals surface area contributed by atoms with E-state index >= 15 is 0 Å². The minimum atomic E-state index is -0.597. The Morgan fingerprint density at radius 2 is 2.00 bits per heavy atom. The molecule has 0 amide bonds. The summed E-state index contributed by atoms with van der Waals surface area (Å²) >= 11 is 0. The van der Waals surface area contributed by atoms with E-state index in [-0.39, 0.29) is 0 Å². The Hall–Kier alpha value is -0.580. The van der Waals surface area contributed by atoms with Gasteiger partial charge in [-0.2, -0.15) is 0 Å². The smallest absolute Gasteiger partial charge is 0.260 e. The number of nitrogens with zero attached hydrogens (tertiary/aromatic N) is 1. The Kier molecular flexibility index (Phi) is 1.70. The minimum Gasteiger partial charge on any atom is -0.308 e. The molecule has 0 unspecified atom stereocenters. The normalized spacial score (nSPS) is 23.6. The second kappa shape index (κ2) is 2.34. The van der Waals surface area contributed by atoms with Crippen molar-refractivity contribution >= 4 is 0 Å². The second-order valence-electron chi connectivity index (χ2n) is 2.68. The van der Waals surface area contributed by atoms with E-state index in [0.29, 0.717) is 0 Å². The Balaban J connectivity index is 2.59. The topological polar surface area (TPSA) is 4.36 Å². The lowest BCUT2D eigenvalue weighted by Gasteiger charge is -2.08. The Morgan fingerprint density at radius 1 is 1.44 bits per heavy atom. The van der Waals surface area contributed by atoms with Crippen molar-refractivity contribution in [2.24, 2.45) is 0 Å². The van der Waals surface area contributed by atoms with E-state index < -0.39 is 12.2 Å². The summed E-state index contributed by atoms with van der Waals surface area (Å²) in [6.45, 7) is 6.28. The molecule has 0 spiro atoms. The summed E-state index contributed by atoms with van der Waals surface area (Å²) in [6.07, 6.45) is 3.61. The van der Waals surface area contributed by atoms with Crippen LogP contribution in [0.3, 0.4) is 0 Å². The van der Waals surface area contributed by atoms with E-state index in [1.165, 1.54) is 0 Å². The third-order valence-corrected chi connectivity index (χ3v) is 2.02. The van der Waals surface area contributed by atoms with Crippen molar-refractivity contribution < 1.29 is 4.39 Å². The summed E-state index contributed by atoms with van der Waals surface area (Å²) in [6, 6.07) is 0. The lowest BCUT2D eigenvalue weighted by molar-refractivity contribution is 0.356. The zero-order valence-electron chi connectivity index (χ0n) is 5.36. The zero-order chi connectivity index (χ0) is 6.74. The van der Waals surface area contributed by atoms with Crippen LogP contribution >= 0.6 is 0 Å². The van der Waals surface area contributed by atoms with Gasteiger partial charge >= 0.3 is 0 Å². The van der Waals surface area contributed by atoms with Crippen LogP contribution in [0.1, 0.15) is 25.7 Å². The largest absolute Gasteiger partial charge is 0.308 e. The molecule has 0 aromatic rings. The van der Waals surface area contributed by atoms with Gasteiger partial charge in [-0.3, -0.25) is 0 Å². The maximum Gasteiger partial charge on any atom is 0.260 e. The van der Waals surface area contributed by atoms with Crippen LogP contribution in [0.15, 0.2) is 0 Å². The highest BCUT2D eigenvalue weighted by atomic mass is 19.1. The van der Waals surface area contributed by atoms with Gasteiger partial charge in [0.1, 0.15) is 0 Å². The molecule has 1 nitrogen and oxygen atoms in total. The van der Waals surface area contributed by atoms with Crippen LogP contribution in [0, 0.1) is 6.57 Å². The molecular formula is C7H10FN. The molecule has 2 heteroatoms. The third kappa shape index (κ3) is 1.05. The van der Waals surface area contributed by atoms with Gasteiger partial charge in [0.25, 0.3) is 5.54 Å². The van der Waals surface area contributed by atoms with E-state index in [2.05, 4.69) is 4.85 Å². The highest BCUT2D eigenvalue weighted by Crippen LogP contribution is 2.33. The van der Waals surface area contributed by atoms with Crippen LogP contribution in [0.4, 0.5) is 4.39 Å². The average Bonchev–Trinajstić information content (AvgIpc) is 2.36. The summed E-state index contributed by atoms with van der Waals surface area (Å²) in [5.74, 6) is 0. The van der Waals surface area contributed by atoms with E-state index in [4.69, 9.17) is 6.57 Å². The lowest BCUT2D eigenvalue weighted by Crippen LogP contribution is -2.21. The Bertz CT molecular complexity index is 130. The van der Waals surface area contributed by atoms with Crippen molar-refractivity contribution in [1.29, 1.82) is 0 Å². The maximum atomic E-state index is 12.1. The minimum absolute atomic E-state index is 0.448. The maximum absolute atomic E-state index is 12.1. The van der Waals surface area contributed by atoms with Gasteiger partial charge in [-0.15, -0.1) is 0 Å². The van der Waals surface area contributed by atoms with E-state index in [9.17, 15) is 4.39 Å². The summed E-state index contributed by atoms with van der Waals surface area (Å²) in [7, 11) is 0. The zero-order valence-corrected chi connectivity index (χ0v) is 5.36. The molecule has 9 heavy (non-hydrogen) atoms. The van der Waals surface area contributed by atoms with Crippen molar-refractivity contribution in [3.63, 3.8) is 0 Å². The van der Waals surface area contributed by atoms with Crippen LogP contribution in [0.5, 0.6) is 0 Å². The van der Waals surface area contributed by atoms with Gasteiger partial charge in [0.05, 0.1) is 0 Å². The molecule has 0 saturated heterocycles. The first-order valence-electron chi connectivity index (χ1n) is 3.28. The van der Waals surface area contributed by atoms with Gasteiger partial charge in [-0.05, 0) is 12.8 Å². The summed E-state index contributed by atoms with van der Waals surface area (Å²) < 4.78 is 12.1. The summed E-state index contributed by atoms with van der Waals surface area (Å²) in [5, 5.41) is 0. The number of alkyl halides is 1. The van der Waals surface area contributed by atoms with Crippen molar-refractivity contribution in [1.82, 2.24) is 0 Å². The molecule has 0 aromatic heterocycles. The second-order valence-corrected chi connectivity index (χ2v) is 2.68. The molecule has 0 aliphatic heterocycles. The summed E-state index contributed by atoms with van der Waals surface area (Å²) in [4.78, 5) is 3.31. The molecule has 1 aliphatic carbocycles. The number of halogens is 1. The van der Waals surface area contributed by atoms with Crippen molar-refractivity contribution in [2.45, 2.75) is 31.2 Å². The quantitative estimate of drug-likeness (QED) is 0.475. The van der Waals surface area contributed by atoms with Crippen molar-refractivity contribution in [3.8, 4) is 0 Å². The number of hydrogen-bond donors (Lipinski definition) is 0. The molecule has 50 valence electrons. The molecule has 1 rings (SSSR count). The van der Waals surface area contributed by atoms with Crippen LogP contribution in [0.25, 0.3) is 4.85 Å². The first-order valence-corrected chi connectivity index (χ1v) is 3.28. The highest BCUT2D eigenvalue weighted by molar-refractivity contribution is 5.01. The van der Waals surface area contributed by atoms with Gasteiger partial charge in [-0.1, -0.05) is 0 Å².